The zero-order chi connectivity index (χ0) is 17.0. The second-order valence-electron chi connectivity index (χ2n) is 5.06. The van der Waals surface area contributed by atoms with Crippen molar-refractivity contribution in [1.82, 2.24) is 20.2 Å². The van der Waals surface area contributed by atoms with Gasteiger partial charge in [-0.15, -0.1) is 5.10 Å². The van der Waals surface area contributed by atoms with Gasteiger partial charge in [0.05, 0.1) is 16.8 Å². The summed E-state index contributed by atoms with van der Waals surface area (Å²) in [5.74, 6) is 0. The van der Waals surface area contributed by atoms with Gasteiger partial charge in [0.2, 0.25) is 0 Å². The van der Waals surface area contributed by atoms with E-state index in [0.29, 0.717) is 11.4 Å². The molecule has 0 saturated heterocycles. The average molecular weight is 341 g/mol. The van der Waals surface area contributed by atoms with Crippen LogP contribution >= 0.6 is 0 Å². The van der Waals surface area contributed by atoms with Crippen LogP contribution in [0.5, 0.6) is 0 Å². The highest BCUT2D eigenvalue weighted by atomic mass is 32.2. The molecule has 1 N–H and O–H groups in total. The van der Waals surface area contributed by atoms with Crippen molar-refractivity contribution in [2.45, 2.75) is 6.92 Å². The number of sulfonamides is 1. The lowest BCUT2D eigenvalue weighted by Crippen LogP contribution is -2.11. The highest BCUT2D eigenvalue weighted by Crippen LogP contribution is 2.22. The van der Waals surface area contributed by atoms with Gasteiger partial charge in [-0.3, -0.25) is 4.72 Å². The third kappa shape index (κ3) is 3.66. The second-order valence-corrected chi connectivity index (χ2v) is 6.63. The zero-order valence-corrected chi connectivity index (χ0v) is 13.7. The number of hydrogen-bond acceptors (Lipinski definition) is 5. The minimum absolute atomic E-state index is 0.473. The summed E-state index contributed by atoms with van der Waals surface area (Å²) in [4.78, 5) is 0. The molecule has 0 aliphatic heterocycles. The predicted molar refractivity (Wildman–Crippen MR) is 91.9 cm³/mol. The lowest BCUT2D eigenvalue weighted by molar-refractivity contribution is 0.609. The molecule has 3 aromatic rings. The van der Waals surface area contributed by atoms with Gasteiger partial charge in [-0.2, -0.15) is 0 Å². The molecule has 1 aromatic heterocycles. The Labute approximate surface area is 139 Å². The third-order valence-electron chi connectivity index (χ3n) is 3.39. The van der Waals surface area contributed by atoms with Crippen LogP contribution < -0.4 is 4.72 Å². The van der Waals surface area contributed by atoms with E-state index in [2.05, 4.69) is 20.2 Å². The molecular formula is C16H15N5O2S. The first kappa shape index (κ1) is 15.9. The van der Waals surface area contributed by atoms with E-state index in [1.165, 1.54) is 11.0 Å². The SMILES string of the molecule is Cc1c(NS(=O)(=O)/C=C/c2ccccc2)cccc1-n1cnnn1. The first-order valence-corrected chi connectivity index (χ1v) is 8.69. The second kappa shape index (κ2) is 6.63. The van der Waals surface area contributed by atoms with Crippen LogP contribution in [0.2, 0.25) is 0 Å². The van der Waals surface area contributed by atoms with Crippen LogP contribution in [0.25, 0.3) is 11.8 Å². The minimum atomic E-state index is -3.63. The fourth-order valence-electron chi connectivity index (χ4n) is 2.17. The van der Waals surface area contributed by atoms with E-state index in [-0.39, 0.29) is 0 Å². The molecule has 0 fully saturated rings. The topological polar surface area (TPSA) is 89.8 Å². The zero-order valence-electron chi connectivity index (χ0n) is 12.9. The Morgan fingerprint density at radius 1 is 1.08 bits per heavy atom. The van der Waals surface area contributed by atoms with Crippen molar-refractivity contribution < 1.29 is 8.42 Å². The molecule has 7 nitrogen and oxygen atoms in total. The molecule has 0 aliphatic carbocycles. The van der Waals surface area contributed by atoms with Gasteiger partial charge in [-0.1, -0.05) is 36.4 Å². The predicted octanol–water partition coefficient (Wildman–Crippen LogP) is 2.38. The Morgan fingerprint density at radius 2 is 1.88 bits per heavy atom. The highest BCUT2D eigenvalue weighted by Gasteiger charge is 2.11. The lowest BCUT2D eigenvalue weighted by atomic mass is 10.1. The molecule has 1 heterocycles. The van der Waals surface area contributed by atoms with E-state index in [0.717, 1.165) is 16.5 Å². The molecule has 24 heavy (non-hydrogen) atoms. The molecule has 0 spiro atoms. The molecule has 0 radical (unpaired) electrons. The number of nitrogens with zero attached hydrogens (tertiary/aromatic N) is 4. The third-order valence-corrected chi connectivity index (χ3v) is 4.39. The van der Waals surface area contributed by atoms with Crippen LogP contribution in [0.15, 0.2) is 60.3 Å². The Bertz CT molecular complexity index is 951. The summed E-state index contributed by atoms with van der Waals surface area (Å²) in [6.45, 7) is 1.80. The van der Waals surface area contributed by atoms with Gasteiger partial charge in [0, 0.05) is 0 Å². The van der Waals surface area contributed by atoms with Crippen LogP contribution in [-0.4, -0.2) is 28.6 Å². The van der Waals surface area contributed by atoms with Crippen molar-refractivity contribution in [3.63, 3.8) is 0 Å². The van der Waals surface area contributed by atoms with E-state index in [9.17, 15) is 8.42 Å². The van der Waals surface area contributed by atoms with Crippen LogP contribution in [0.4, 0.5) is 5.69 Å². The van der Waals surface area contributed by atoms with Crippen LogP contribution in [0.1, 0.15) is 11.1 Å². The largest absolute Gasteiger partial charge is 0.280 e. The minimum Gasteiger partial charge on any atom is -0.280 e. The van der Waals surface area contributed by atoms with Crippen LogP contribution in [-0.2, 0) is 10.0 Å². The molecule has 0 amide bonds. The van der Waals surface area contributed by atoms with Crippen molar-refractivity contribution in [2.75, 3.05) is 4.72 Å². The molecule has 3 rings (SSSR count). The maximum absolute atomic E-state index is 12.3. The molecule has 0 atom stereocenters. The van der Waals surface area contributed by atoms with E-state index in [1.807, 2.05) is 36.4 Å². The summed E-state index contributed by atoms with van der Waals surface area (Å²) in [5, 5.41) is 12.1. The molecule has 2 aromatic carbocycles. The monoisotopic (exact) mass is 341 g/mol. The number of hydrogen-bond donors (Lipinski definition) is 1. The van der Waals surface area contributed by atoms with E-state index < -0.39 is 10.0 Å². The van der Waals surface area contributed by atoms with Crippen molar-refractivity contribution in [3.05, 3.63) is 71.4 Å². The van der Waals surface area contributed by atoms with Gasteiger partial charge in [0.15, 0.2) is 0 Å². The summed E-state index contributed by atoms with van der Waals surface area (Å²) >= 11 is 0. The number of aromatic nitrogens is 4. The summed E-state index contributed by atoms with van der Waals surface area (Å²) in [6, 6.07) is 14.5. The van der Waals surface area contributed by atoms with Crippen LogP contribution in [0.3, 0.4) is 0 Å². The maximum Gasteiger partial charge on any atom is 0.255 e. The number of anilines is 1. The number of nitrogens with one attached hydrogen (secondary N) is 1. The van der Waals surface area contributed by atoms with Crippen molar-refractivity contribution in [3.8, 4) is 5.69 Å². The van der Waals surface area contributed by atoms with E-state index >= 15 is 0 Å². The standard InChI is InChI=1S/C16H15N5O2S/c1-13-15(8-5-9-16(13)21-12-17-19-20-21)18-24(22,23)11-10-14-6-3-2-4-7-14/h2-12,18H,1H3/b11-10+. The molecule has 122 valence electrons. The summed E-state index contributed by atoms with van der Waals surface area (Å²) in [7, 11) is -3.63. The normalized spacial score (nSPS) is 11.7. The average Bonchev–Trinajstić information content (AvgIpc) is 3.10. The summed E-state index contributed by atoms with van der Waals surface area (Å²) in [6.07, 6.45) is 3.00. The smallest absolute Gasteiger partial charge is 0.255 e. The first-order chi connectivity index (χ1) is 11.6. The van der Waals surface area contributed by atoms with Gasteiger partial charge >= 0.3 is 0 Å². The van der Waals surface area contributed by atoms with Crippen molar-refractivity contribution >= 4 is 21.8 Å². The Hall–Kier alpha value is -3.00. The number of benzene rings is 2. The maximum atomic E-state index is 12.3. The highest BCUT2D eigenvalue weighted by molar-refractivity contribution is 7.95. The molecule has 0 saturated carbocycles. The van der Waals surface area contributed by atoms with Crippen molar-refractivity contribution in [2.24, 2.45) is 0 Å². The quantitative estimate of drug-likeness (QED) is 0.769. The number of tetrazole rings is 1. The Kier molecular flexibility index (Phi) is 4.39. The molecule has 0 aliphatic rings. The van der Waals surface area contributed by atoms with Gasteiger partial charge in [0.1, 0.15) is 6.33 Å². The van der Waals surface area contributed by atoms with Gasteiger partial charge < -0.3 is 0 Å². The molecule has 8 heteroatoms. The van der Waals surface area contributed by atoms with Gasteiger partial charge in [0.25, 0.3) is 10.0 Å². The lowest BCUT2D eigenvalue weighted by Gasteiger charge is -2.11. The fraction of sp³-hybridized carbons (Fsp3) is 0.0625. The summed E-state index contributed by atoms with van der Waals surface area (Å²) < 4.78 is 28.6. The van der Waals surface area contributed by atoms with Gasteiger partial charge in [-0.05, 0) is 46.7 Å². The van der Waals surface area contributed by atoms with Crippen LogP contribution in [0, 0.1) is 6.92 Å². The summed E-state index contributed by atoms with van der Waals surface area (Å²) in [5.41, 5.74) is 2.71. The van der Waals surface area contributed by atoms with E-state index in [4.69, 9.17) is 0 Å². The van der Waals surface area contributed by atoms with Crippen molar-refractivity contribution in [1.29, 1.82) is 0 Å². The Balaban J connectivity index is 1.85. The van der Waals surface area contributed by atoms with E-state index in [1.54, 1.807) is 25.1 Å². The molecular weight excluding hydrogens is 326 g/mol. The fourth-order valence-corrected chi connectivity index (χ4v) is 3.11. The molecule has 0 unspecified atom stereocenters. The molecule has 0 bridgehead atoms. The Morgan fingerprint density at radius 3 is 2.58 bits per heavy atom. The van der Waals surface area contributed by atoms with Gasteiger partial charge in [-0.25, -0.2) is 13.1 Å². The number of rotatable bonds is 5. The first-order valence-electron chi connectivity index (χ1n) is 7.14.